The standard InChI is InChI=1S/C20H17BrClN5OS/c21-15-11-25-27-18(23-6-7-24-19(28)9-13-5-8-29-12-13)10-17(26-20(15)27)14-3-1-2-4-16(14)22/h1-5,8,10-12,23H,6-7,9H2,(H,24,28). The van der Waals surface area contributed by atoms with Crippen LogP contribution in [0.4, 0.5) is 5.82 Å². The number of anilines is 1. The number of fused-ring (bicyclic) bond motifs is 1. The van der Waals surface area contributed by atoms with E-state index in [9.17, 15) is 4.79 Å². The summed E-state index contributed by atoms with van der Waals surface area (Å²) >= 11 is 11.4. The average molecular weight is 491 g/mol. The lowest BCUT2D eigenvalue weighted by Crippen LogP contribution is -2.30. The molecular formula is C20H17BrClN5OS. The van der Waals surface area contributed by atoms with Crippen molar-refractivity contribution >= 4 is 56.2 Å². The molecule has 0 bridgehead atoms. The van der Waals surface area contributed by atoms with Gasteiger partial charge in [0, 0.05) is 29.7 Å². The number of nitrogens with zero attached hydrogens (tertiary/aromatic N) is 3. The molecule has 3 heterocycles. The Labute approximate surface area is 185 Å². The average Bonchev–Trinajstić information content (AvgIpc) is 3.35. The van der Waals surface area contributed by atoms with Crippen LogP contribution in [0.2, 0.25) is 5.02 Å². The van der Waals surface area contributed by atoms with Crippen LogP contribution in [0.25, 0.3) is 16.9 Å². The molecule has 1 aromatic carbocycles. The van der Waals surface area contributed by atoms with Crippen molar-refractivity contribution in [2.24, 2.45) is 0 Å². The van der Waals surface area contributed by atoms with E-state index in [-0.39, 0.29) is 5.91 Å². The Morgan fingerprint density at radius 2 is 2.10 bits per heavy atom. The van der Waals surface area contributed by atoms with Gasteiger partial charge >= 0.3 is 0 Å². The van der Waals surface area contributed by atoms with Gasteiger partial charge < -0.3 is 10.6 Å². The minimum absolute atomic E-state index is 0.00339. The van der Waals surface area contributed by atoms with Crippen LogP contribution in [-0.4, -0.2) is 33.6 Å². The zero-order valence-corrected chi connectivity index (χ0v) is 18.4. The van der Waals surface area contributed by atoms with E-state index in [2.05, 4.69) is 36.6 Å². The molecule has 0 atom stereocenters. The van der Waals surface area contributed by atoms with Gasteiger partial charge in [0.15, 0.2) is 5.65 Å². The quantitative estimate of drug-likeness (QED) is 0.370. The molecule has 9 heteroatoms. The molecule has 0 aliphatic carbocycles. The van der Waals surface area contributed by atoms with Crippen molar-refractivity contribution in [1.29, 1.82) is 0 Å². The second-order valence-corrected chi connectivity index (χ2v) is 8.36. The number of amides is 1. The third-order valence-electron chi connectivity index (χ3n) is 4.28. The molecule has 4 rings (SSSR count). The fourth-order valence-corrected chi connectivity index (χ4v) is 4.15. The molecular weight excluding hydrogens is 474 g/mol. The number of carbonyl (C=O) groups excluding carboxylic acids is 1. The minimum Gasteiger partial charge on any atom is -0.368 e. The summed E-state index contributed by atoms with van der Waals surface area (Å²) in [6.45, 7) is 1.05. The molecule has 0 saturated heterocycles. The SMILES string of the molecule is O=C(Cc1ccsc1)NCCNc1cc(-c2ccccc2Cl)nc2c(Br)cnn12. The van der Waals surface area contributed by atoms with E-state index in [0.717, 1.165) is 27.1 Å². The summed E-state index contributed by atoms with van der Waals surface area (Å²) in [5.41, 5.74) is 3.30. The highest BCUT2D eigenvalue weighted by Crippen LogP contribution is 2.30. The Morgan fingerprint density at radius 1 is 1.24 bits per heavy atom. The highest BCUT2D eigenvalue weighted by molar-refractivity contribution is 9.10. The van der Waals surface area contributed by atoms with E-state index >= 15 is 0 Å². The molecule has 0 aliphatic rings. The molecule has 0 unspecified atom stereocenters. The van der Waals surface area contributed by atoms with E-state index in [0.29, 0.717) is 30.2 Å². The van der Waals surface area contributed by atoms with Crippen molar-refractivity contribution < 1.29 is 4.79 Å². The number of hydrogen-bond acceptors (Lipinski definition) is 5. The zero-order chi connectivity index (χ0) is 20.2. The van der Waals surface area contributed by atoms with Crippen LogP contribution in [0.1, 0.15) is 5.56 Å². The summed E-state index contributed by atoms with van der Waals surface area (Å²) in [6, 6.07) is 11.4. The Kier molecular flexibility index (Phi) is 6.13. The monoisotopic (exact) mass is 489 g/mol. The van der Waals surface area contributed by atoms with Gasteiger partial charge in [-0.2, -0.15) is 21.0 Å². The smallest absolute Gasteiger partial charge is 0.224 e. The normalized spacial score (nSPS) is 11.0. The van der Waals surface area contributed by atoms with Crippen molar-refractivity contribution in [2.45, 2.75) is 6.42 Å². The van der Waals surface area contributed by atoms with Crippen LogP contribution in [0, 0.1) is 0 Å². The summed E-state index contributed by atoms with van der Waals surface area (Å²) in [6.07, 6.45) is 2.10. The molecule has 4 aromatic rings. The van der Waals surface area contributed by atoms with Crippen LogP contribution in [0.15, 0.2) is 57.8 Å². The minimum atomic E-state index is 0.00339. The van der Waals surface area contributed by atoms with Gasteiger partial charge in [0.05, 0.1) is 22.8 Å². The molecule has 0 radical (unpaired) electrons. The summed E-state index contributed by atoms with van der Waals surface area (Å²) in [5.74, 6) is 0.770. The molecule has 0 aliphatic heterocycles. The zero-order valence-electron chi connectivity index (χ0n) is 15.2. The predicted molar refractivity (Wildman–Crippen MR) is 121 cm³/mol. The van der Waals surface area contributed by atoms with Gasteiger partial charge in [0.2, 0.25) is 5.91 Å². The van der Waals surface area contributed by atoms with Crippen LogP contribution >= 0.6 is 38.9 Å². The Morgan fingerprint density at radius 3 is 2.90 bits per heavy atom. The van der Waals surface area contributed by atoms with E-state index in [4.69, 9.17) is 11.6 Å². The number of thiophene rings is 1. The van der Waals surface area contributed by atoms with E-state index < -0.39 is 0 Å². The number of hydrogen-bond donors (Lipinski definition) is 2. The fraction of sp³-hybridized carbons (Fsp3) is 0.150. The van der Waals surface area contributed by atoms with Gasteiger partial charge in [-0.05, 0) is 44.4 Å². The first-order valence-corrected chi connectivity index (χ1v) is 11.0. The van der Waals surface area contributed by atoms with E-state index in [1.165, 1.54) is 0 Å². The van der Waals surface area contributed by atoms with E-state index in [1.807, 2.05) is 47.2 Å². The third-order valence-corrected chi connectivity index (χ3v) is 5.90. The first-order valence-electron chi connectivity index (χ1n) is 8.92. The van der Waals surface area contributed by atoms with Crippen LogP contribution in [-0.2, 0) is 11.2 Å². The maximum Gasteiger partial charge on any atom is 0.224 e. The maximum absolute atomic E-state index is 12.0. The summed E-state index contributed by atoms with van der Waals surface area (Å²) in [7, 11) is 0. The Hall–Kier alpha value is -2.42. The number of aromatic nitrogens is 3. The maximum atomic E-state index is 12.0. The topological polar surface area (TPSA) is 71.3 Å². The number of benzene rings is 1. The van der Waals surface area contributed by atoms with Gasteiger partial charge in [-0.1, -0.05) is 29.8 Å². The number of nitrogens with one attached hydrogen (secondary N) is 2. The van der Waals surface area contributed by atoms with Crippen LogP contribution < -0.4 is 10.6 Å². The second-order valence-electron chi connectivity index (χ2n) is 6.32. The molecule has 2 N–H and O–H groups in total. The summed E-state index contributed by atoms with van der Waals surface area (Å²) in [5, 5.41) is 15.2. The molecule has 0 spiro atoms. The van der Waals surface area contributed by atoms with Crippen LogP contribution in [0.5, 0.6) is 0 Å². The number of carbonyl (C=O) groups is 1. The van der Waals surface area contributed by atoms with Gasteiger partial charge in [-0.25, -0.2) is 4.98 Å². The van der Waals surface area contributed by atoms with Gasteiger partial charge in [-0.15, -0.1) is 0 Å². The Balaban J connectivity index is 1.48. The summed E-state index contributed by atoms with van der Waals surface area (Å²) < 4.78 is 2.51. The predicted octanol–water partition coefficient (Wildman–Crippen LogP) is 4.64. The van der Waals surface area contributed by atoms with Gasteiger partial charge in [-0.3, -0.25) is 4.79 Å². The van der Waals surface area contributed by atoms with Crippen molar-refractivity contribution in [3.05, 3.63) is 68.4 Å². The number of rotatable bonds is 7. The molecule has 0 fully saturated rings. The molecule has 0 saturated carbocycles. The molecule has 29 heavy (non-hydrogen) atoms. The molecule has 6 nitrogen and oxygen atoms in total. The van der Waals surface area contributed by atoms with Crippen molar-refractivity contribution in [2.75, 3.05) is 18.4 Å². The lowest BCUT2D eigenvalue weighted by atomic mass is 10.1. The third kappa shape index (κ3) is 4.60. The van der Waals surface area contributed by atoms with E-state index in [1.54, 1.807) is 22.0 Å². The highest BCUT2D eigenvalue weighted by Gasteiger charge is 2.13. The van der Waals surface area contributed by atoms with Crippen molar-refractivity contribution in [3.63, 3.8) is 0 Å². The molecule has 1 amide bonds. The number of halogens is 2. The molecule has 3 aromatic heterocycles. The van der Waals surface area contributed by atoms with Gasteiger partial charge in [0.25, 0.3) is 0 Å². The first kappa shape index (κ1) is 19.9. The molecule has 148 valence electrons. The first-order chi connectivity index (χ1) is 14.1. The second kappa shape index (κ2) is 8.94. The summed E-state index contributed by atoms with van der Waals surface area (Å²) in [4.78, 5) is 16.7. The van der Waals surface area contributed by atoms with Gasteiger partial charge in [0.1, 0.15) is 5.82 Å². The van der Waals surface area contributed by atoms with Crippen LogP contribution in [0.3, 0.4) is 0 Å². The van der Waals surface area contributed by atoms with Crippen molar-refractivity contribution in [3.8, 4) is 11.3 Å². The fourth-order valence-electron chi connectivity index (χ4n) is 2.90. The van der Waals surface area contributed by atoms with Crippen molar-refractivity contribution in [1.82, 2.24) is 19.9 Å². The Bertz CT molecular complexity index is 1150. The lowest BCUT2D eigenvalue weighted by molar-refractivity contribution is -0.120. The highest BCUT2D eigenvalue weighted by atomic mass is 79.9. The largest absolute Gasteiger partial charge is 0.368 e. The lowest BCUT2D eigenvalue weighted by Gasteiger charge is -2.12.